The Morgan fingerprint density at radius 3 is 2.60 bits per heavy atom. The minimum atomic E-state index is 0.825. The molecule has 0 aliphatic carbocycles. The Kier molecular flexibility index (Phi) is 6.11. The molecule has 2 aromatic rings. The van der Waals surface area contributed by atoms with Crippen LogP contribution in [0.15, 0.2) is 42.5 Å². The van der Waals surface area contributed by atoms with Crippen LogP contribution in [0.3, 0.4) is 0 Å². The normalized spacial score (nSPS) is 18.3. The zero-order chi connectivity index (χ0) is 17.6. The van der Waals surface area contributed by atoms with E-state index in [0.717, 1.165) is 24.7 Å². The zero-order valence-corrected chi connectivity index (χ0v) is 15.8. The number of para-hydroxylation sites is 1. The van der Waals surface area contributed by atoms with E-state index in [1.807, 2.05) is 18.2 Å². The van der Waals surface area contributed by atoms with Gasteiger partial charge in [0.1, 0.15) is 0 Å². The maximum absolute atomic E-state index is 3.36. The molecule has 1 atom stereocenters. The Labute approximate surface area is 152 Å². The van der Waals surface area contributed by atoms with E-state index in [-0.39, 0.29) is 0 Å². The summed E-state index contributed by atoms with van der Waals surface area (Å²) in [5, 5.41) is 0. The highest BCUT2D eigenvalue weighted by atomic mass is 15.3. The Bertz CT molecular complexity index is 681. The van der Waals surface area contributed by atoms with E-state index in [0.29, 0.717) is 0 Å². The fourth-order valence-corrected chi connectivity index (χ4v) is 3.80. The van der Waals surface area contributed by atoms with Crippen molar-refractivity contribution < 1.29 is 0 Å². The number of aryl methyl sites for hydroxylation is 1. The van der Waals surface area contributed by atoms with Crippen molar-refractivity contribution >= 4 is 5.69 Å². The van der Waals surface area contributed by atoms with Crippen molar-refractivity contribution in [1.82, 2.24) is 10.3 Å². The second-order valence-electron chi connectivity index (χ2n) is 7.54. The average Bonchev–Trinajstić information content (AvgIpc) is 2.60. The van der Waals surface area contributed by atoms with Crippen LogP contribution in [-0.4, -0.2) is 18.0 Å². The summed E-state index contributed by atoms with van der Waals surface area (Å²) in [7, 11) is 0. The van der Waals surface area contributed by atoms with Crippen molar-refractivity contribution in [2.75, 3.05) is 18.5 Å². The lowest BCUT2D eigenvalue weighted by Crippen LogP contribution is -2.34. The number of nitrogens with one attached hydrogen (secondary N) is 2. The van der Waals surface area contributed by atoms with Crippen molar-refractivity contribution in [1.29, 1.82) is 0 Å². The molecule has 1 saturated heterocycles. The Morgan fingerprint density at radius 2 is 1.84 bits per heavy atom. The van der Waals surface area contributed by atoms with E-state index in [1.165, 1.54) is 48.2 Å². The van der Waals surface area contributed by atoms with Crippen molar-refractivity contribution in [2.24, 2.45) is 5.92 Å². The van der Waals surface area contributed by atoms with Crippen molar-refractivity contribution in [3.05, 3.63) is 64.7 Å². The first-order valence-electron chi connectivity index (χ1n) is 9.47. The molecule has 1 unspecified atom stereocenters. The molecule has 3 rings (SSSR count). The molecule has 134 valence electrons. The molecule has 1 heterocycles. The minimum absolute atomic E-state index is 0.825. The standard InChI is InChI=1S/C22H31N3/c1-17-8-7-11-25(15-17)16-21-13-18(2)12-20(19(21)3)14-23-24-22-9-5-4-6-10-22/h4-6,9-10,12-13,17,23-24H,7-8,11,14-16H2,1-3H3. The van der Waals surface area contributed by atoms with Crippen molar-refractivity contribution in [3.63, 3.8) is 0 Å². The van der Waals surface area contributed by atoms with Gasteiger partial charge in [0.25, 0.3) is 0 Å². The van der Waals surface area contributed by atoms with Crippen LogP contribution in [0.1, 0.15) is 42.0 Å². The molecule has 0 radical (unpaired) electrons. The molecule has 1 aliphatic heterocycles. The summed E-state index contributed by atoms with van der Waals surface area (Å²) in [6.45, 7) is 11.2. The van der Waals surface area contributed by atoms with Gasteiger partial charge in [-0.15, -0.1) is 0 Å². The van der Waals surface area contributed by atoms with Crippen LogP contribution in [-0.2, 0) is 13.1 Å². The Hall–Kier alpha value is -1.84. The number of hydrogen-bond donors (Lipinski definition) is 2. The number of hydrazine groups is 1. The zero-order valence-electron chi connectivity index (χ0n) is 15.8. The van der Waals surface area contributed by atoms with E-state index < -0.39 is 0 Å². The fourth-order valence-electron chi connectivity index (χ4n) is 3.80. The van der Waals surface area contributed by atoms with Gasteiger partial charge in [0.05, 0.1) is 0 Å². The first-order chi connectivity index (χ1) is 12.1. The number of hydrogen-bond acceptors (Lipinski definition) is 3. The van der Waals surface area contributed by atoms with Crippen LogP contribution in [0.25, 0.3) is 0 Å². The first-order valence-corrected chi connectivity index (χ1v) is 9.47. The molecule has 1 aliphatic rings. The van der Waals surface area contributed by atoms with Crippen molar-refractivity contribution in [3.8, 4) is 0 Å². The summed E-state index contributed by atoms with van der Waals surface area (Å²) >= 11 is 0. The van der Waals surface area contributed by atoms with Gasteiger partial charge in [-0.2, -0.15) is 0 Å². The number of likely N-dealkylation sites (tertiary alicyclic amines) is 1. The highest BCUT2D eigenvalue weighted by Crippen LogP contribution is 2.22. The van der Waals surface area contributed by atoms with Gasteiger partial charge in [0.15, 0.2) is 0 Å². The second-order valence-corrected chi connectivity index (χ2v) is 7.54. The highest BCUT2D eigenvalue weighted by Gasteiger charge is 2.17. The van der Waals surface area contributed by atoms with E-state index in [4.69, 9.17) is 0 Å². The van der Waals surface area contributed by atoms with Crippen LogP contribution < -0.4 is 10.9 Å². The maximum Gasteiger partial charge on any atom is 0.0487 e. The number of rotatable bonds is 6. The molecule has 3 heteroatoms. The third-order valence-electron chi connectivity index (χ3n) is 5.19. The van der Waals surface area contributed by atoms with Crippen LogP contribution in [0.4, 0.5) is 5.69 Å². The quantitative estimate of drug-likeness (QED) is 0.751. The largest absolute Gasteiger partial charge is 0.321 e. The average molecular weight is 338 g/mol. The number of anilines is 1. The lowest BCUT2D eigenvalue weighted by molar-refractivity contribution is 0.176. The molecule has 2 N–H and O–H groups in total. The summed E-state index contributed by atoms with van der Waals surface area (Å²) in [6.07, 6.45) is 2.71. The topological polar surface area (TPSA) is 27.3 Å². The predicted molar refractivity (Wildman–Crippen MR) is 106 cm³/mol. The molecule has 1 fully saturated rings. The molecule has 0 aromatic heterocycles. The molecule has 0 amide bonds. The Balaban J connectivity index is 1.64. The second kappa shape index (κ2) is 8.50. The fraction of sp³-hybridized carbons (Fsp3) is 0.455. The third kappa shape index (κ3) is 5.07. The molecule has 0 spiro atoms. The van der Waals surface area contributed by atoms with Gasteiger partial charge in [-0.05, 0) is 68.0 Å². The highest BCUT2D eigenvalue weighted by molar-refractivity contribution is 5.42. The molecule has 25 heavy (non-hydrogen) atoms. The third-order valence-corrected chi connectivity index (χ3v) is 5.19. The van der Waals surface area contributed by atoms with E-state index >= 15 is 0 Å². The maximum atomic E-state index is 3.36. The lowest BCUT2D eigenvalue weighted by atomic mass is 9.96. The van der Waals surface area contributed by atoms with E-state index in [1.54, 1.807) is 0 Å². The summed E-state index contributed by atoms with van der Waals surface area (Å²) in [5.41, 5.74) is 13.4. The molecule has 0 saturated carbocycles. The monoisotopic (exact) mass is 337 g/mol. The number of nitrogens with zero attached hydrogens (tertiary/aromatic N) is 1. The van der Waals surface area contributed by atoms with Gasteiger partial charge in [-0.25, -0.2) is 5.43 Å². The Morgan fingerprint density at radius 1 is 1.08 bits per heavy atom. The van der Waals surface area contributed by atoms with Gasteiger partial charge in [-0.3, -0.25) is 4.90 Å². The summed E-state index contributed by atoms with van der Waals surface area (Å²) < 4.78 is 0. The van der Waals surface area contributed by atoms with Crippen molar-refractivity contribution in [2.45, 2.75) is 46.7 Å². The molecule has 3 nitrogen and oxygen atoms in total. The molecular formula is C22H31N3. The van der Waals surface area contributed by atoms with E-state index in [2.05, 4.69) is 60.8 Å². The van der Waals surface area contributed by atoms with Gasteiger partial charge in [0, 0.05) is 25.3 Å². The lowest BCUT2D eigenvalue weighted by Gasteiger charge is -2.31. The van der Waals surface area contributed by atoms with Gasteiger partial charge < -0.3 is 5.43 Å². The number of benzene rings is 2. The van der Waals surface area contributed by atoms with Gasteiger partial charge in [-0.1, -0.05) is 42.8 Å². The van der Waals surface area contributed by atoms with Crippen LogP contribution >= 0.6 is 0 Å². The minimum Gasteiger partial charge on any atom is -0.321 e. The predicted octanol–water partition coefficient (Wildman–Crippen LogP) is 4.65. The van der Waals surface area contributed by atoms with Gasteiger partial charge in [0.2, 0.25) is 0 Å². The van der Waals surface area contributed by atoms with Gasteiger partial charge >= 0.3 is 0 Å². The van der Waals surface area contributed by atoms with Crippen LogP contribution in [0.2, 0.25) is 0 Å². The smallest absolute Gasteiger partial charge is 0.0487 e. The molecule has 0 bridgehead atoms. The molecular weight excluding hydrogens is 306 g/mol. The SMILES string of the molecule is Cc1cc(CNNc2ccccc2)c(C)c(CN2CCCC(C)C2)c1. The van der Waals surface area contributed by atoms with Crippen LogP contribution in [0.5, 0.6) is 0 Å². The number of piperidine rings is 1. The van der Waals surface area contributed by atoms with E-state index in [9.17, 15) is 0 Å². The summed E-state index contributed by atoms with van der Waals surface area (Å²) in [6, 6.07) is 14.9. The summed E-state index contributed by atoms with van der Waals surface area (Å²) in [4.78, 5) is 2.62. The molecule has 2 aromatic carbocycles. The van der Waals surface area contributed by atoms with Crippen LogP contribution in [0, 0.1) is 19.8 Å². The first kappa shape index (κ1) is 18.0. The summed E-state index contributed by atoms with van der Waals surface area (Å²) in [5.74, 6) is 0.829.